The molecule has 0 fully saturated rings. The molecule has 4 heteroatoms. The summed E-state index contributed by atoms with van der Waals surface area (Å²) >= 11 is 6.38. The van der Waals surface area contributed by atoms with Crippen molar-refractivity contribution >= 4 is 33.9 Å². The second kappa shape index (κ2) is 7.33. The Bertz CT molecular complexity index is 1260. The summed E-state index contributed by atoms with van der Waals surface area (Å²) in [6.45, 7) is 2.32. The number of hydrogen-bond acceptors (Lipinski definition) is 2. The van der Waals surface area contributed by atoms with Gasteiger partial charge in [-0.1, -0.05) is 60.5 Å². The molecule has 30 heavy (non-hydrogen) atoms. The van der Waals surface area contributed by atoms with Crippen LogP contribution in [0.1, 0.15) is 41.3 Å². The molecule has 3 aromatic carbocycles. The lowest BCUT2D eigenvalue weighted by Gasteiger charge is -2.29. The number of amides is 1. The number of ether oxygens (including phenoxy) is 1. The molecule has 0 aliphatic heterocycles. The number of primary amides is 1. The van der Waals surface area contributed by atoms with Gasteiger partial charge in [0.15, 0.2) is 0 Å². The lowest BCUT2D eigenvalue weighted by Crippen LogP contribution is -2.13. The van der Waals surface area contributed by atoms with Crippen LogP contribution in [0, 0.1) is 5.92 Å². The average molecular weight is 416 g/mol. The van der Waals surface area contributed by atoms with E-state index in [2.05, 4.69) is 37.3 Å². The molecule has 1 amide bonds. The van der Waals surface area contributed by atoms with E-state index in [1.807, 2.05) is 12.1 Å². The van der Waals surface area contributed by atoms with Gasteiger partial charge in [-0.3, -0.25) is 4.79 Å². The van der Waals surface area contributed by atoms with Crippen LogP contribution in [0.25, 0.3) is 16.3 Å². The van der Waals surface area contributed by atoms with Gasteiger partial charge in [0.25, 0.3) is 0 Å². The Morgan fingerprint density at radius 2 is 1.97 bits per heavy atom. The fraction of sp³-hybridized carbons (Fsp3) is 0.192. The van der Waals surface area contributed by atoms with E-state index >= 15 is 0 Å². The largest absolute Gasteiger partial charge is 0.455 e. The average Bonchev–Trinajstić information content (AvgIpc) is 2.74. The Labute approximate surface area is 180 Å². The van der Waals surface area contributed by atoms with Gasteiger partial charge in [0.2, 0.25) is 5.91 Å². The molecule has 1 atom stereocenters. The quantitative estimate of drug-likeness (QED) is 0.518. The maximum Gasteiger partial charge on any atom is 0.248 e. The molecular formula is C26H22ClNO2. The number of hydrogen-bond donors (Lipinski definition) is 1. The van der Waals surface area contributed by atoms with Crippen LogP contribution in [0.2, 0.25) is 5.02 Å². The normalized spacial score (nSPS) is 17.6. The number of allylic oxidation sites excluding steroid dienone is 4. The molecule has 0 saturated carbocycles. The zero-order valence-electron chi connectivity index (χ0n) is 16.7. The summed E-state index contributed by atoms with van der Waals surface area (Å²) in [6.07, 6.45) is 7.76. The molecule has 5 rings (SSSR count). The van der Waals surface area contributed by atoms with E-state index in [0.29, 0.717) is 22.3 Å². The Hall–Kier alpha value is -3.04. The van der Waals surface area contributed by atoms with Gasteiger partial charge in [-0.2, -0.15) is 0 Å². The van der Waals surface area contributed by atoms with E-state index in [1.165, 1.54) is 16.7 Å². The van der Waals surface area contributed by atoms with Crippen molar-refractivity contribution in [2.75, 3.05) is 0 Å². The van der Waals surface area contributed by atoms with Gasteiger partial charge >= 0.3 is 0 Å². The summed E-state index contributed by atoms with van der Waals surface area (Å²) in [5, 5.41) is 2.64. The zero-order chi connectivity index (χ0) is 20.8. The molecule has 2 aliphatic carbocycles. The minimum atomic E-state index is -0.512. The summed E-state index contributed by atoms with van der Waals surface area (Å²) in [6, 6.07) is 15.4. The molecule has 0 heterocycles. The molecule has 2 aliphatic rings. The van der Waals surface area contributed by atoms with Crippen molar-refractivity contribution in [3.63, 3.8) is 0 Å². The number of carbonyl (C=O) groups excluding carboxylic acids is 1. The molecule has 150 valence electrons. The first-order valence-electron chi connectivity index (χ1n) is 10.2. The summed E-state index contributed by atoms with van der Waals surface area (Å²) < 4.78 is 6.26. The summed E-state index contributed by atoms with van der Waals surface area (Å²) in [5.74, 6) is 1.37. The lowest BCUT2D eigenvalue weighted by atomic mass is 9.76. The first-order valence-corrected chi connectivity index (χ1v) is 10.6. The third-order valence-electron chi connectivity index (χ3n) is 6.20. The van der Waals surface area contributed by atoms with Crippen LogP contribution in [-0.2, 0) is 6.42 Å². The molecule has 2 N–H and O–H groups in total. The molecule has 0 aromatic heterocycles. The zero-order valence-corrected chi connectivity index (χ0v) is 17.5. The number of rotatable bonds is 3. The Morgan fingerprint density at radius 1 is 1.10 bits per heavy atom. The highest BCUT2D eigenvalue weighted by Gasteiger charge is 2.25. The van der Waals surface area contributed by atoms with E-state index in [1.54, 1.807) is 23.8 Å². The lowest BCUT2D eigenvalue weighted by molar-refractivity contribution is 0.100. The van der Waals surface area contributed by atoms with Gasteiger partial charge in [-0.15, -0.1) is 0 Å². The SMILES string of the molecule is CC1CC=CC2=C1CCc1c2ccc2cccc(Oc3ccc(C(N)=O)cc3Cl)c12. The van der Waals surface area contributed by atoms with Crippen molar-refractivity contribution in [2.45, 2.75) is 26.2 Å². The predicted octanol–water partition coefficient (Wildman–Crippen LogP) is 6.68. The van der Waals surface area contributed by atoms with Gasteiger partial charge in [0.1, 0.15) is 11.5 Å². The number of nitrogens with two attached hydrogens (primary N) is 1. The maximum atomic E-state index is 11.4. The molecule has 0 saturated heterocycles. The highest BCUT2D eigenvalue weighted by Crippen LogP contribution is 2.44. The van der Waals surface area contributed by atoms with Gasteiger partial charge < -0.3 is 10.5 Å². The smallest absolute Gasteiger partial charge is 0.248 e. The molecule has 3 nitrogen and oxygen atoms in total. The van der Waals surface area contributed by atoms with Crippen LogP contribution in [0.3, 0.4) is 0 Å². The van der Waals surface area contributed by atoms with Crippen LogP contribution in [0.4, 0.5) is 0 Å². The molecule has 1 unspecified atom stereocenters. The van der Waals surface area contributed by atoms with Crippen LogP contribution in [0.15, 0.2) is 66.3 Å². The summed E-state index contributed by atoms with van der Waals surface area (Å²) in [7, 11) is 0. The fourth-order valence-corrected chi connectivity index (χ4v) is 4.90. The standard InChI is InChI=1S/C26H22ClNO2/c1-15-4-2-6-19-18(15)11-12-21-20(19)10-8-16-5-3-7-24(25(16)21)30-23-13-9-17(26(28)29)14-22(23)27/h2-3,5-10,13-15H,4,11-12H2,1H3,(H2,28,29). The van der Waals surface area contributed by atoms with E-state index in [0.717, 1.165) is 35.8 Å². The molecule has 0 radical (unpaired) electrons. The van der Waals surface area contributed by atoms with Gasteiger partial charge in [0.05, 0.1) is 5.02 Å². The predicted molar refractivity (Wildman–Crippen MR) is 122 cm³/mol. The van der Waals surface area contributed by atoms with E-state index < -0.39 is 5.91 Å². The second-order valence-corrected chi connectivity index (χ2v) is 8.44. The maximum absolute atomic E-state index is 11.4. The first-order chi connectivity index (χ1) is 14.5. The van der Waals surface area contributed by atoms with Gasteiger partial charge in [-0.05, 0) is 71.5 Å². The number of halogens is 1. The van der Waals surface area contributed by atoms with Gasteiger partial charge in [-0.25, -0.2) is 0 Å². The number of fused-ring (bicyclic) bond motifs is 4. The number of carbonyl (C=O) groups is 1. The highest BCUT2D eigenvalue weighted by molar-refractivity contribution is 6.32. The summed E-state index contributed by atoms with van der Waals surface area (Å²) in [5.41, 5.74) is 11.3. The first kappa shape index (κ1) is 19.0. The Kier molecular flexibility index (Phi) is 4.63. The molecule has 3 aromatic rings. The van der Waals surface area contributed by atoms with Crippen LogP contribution >= 0.6 is 11.6 Å². The third kappa shape index (κ3) is 3.10. The van der Waals surface area contributed by atoms with E-state index in [9.17, 15) is 4.79 Å². The fourth-order valence-electron chi connectivity index (χ4n) is 4.68. The number of benzene rings is 3. The van der Waals surface area contributed by atoms with Crippen molar-refractivity contribution < 1.29 is 9.53 Å². The Balaban J connectivity index is 1.64. The van der Waals surface area contributed by atoms with E-state index in [4.69, 9.17) is 22.1 Å². The van der Waals surface area contributed by atoms with Gasteiger partial charge in [0, 0.05) is 10.9 Å². The summed E-state index contributed by atoms with van der Waals surface area (Å²) in [4.78, 5) is 11.4. The second-order valence-electron chi connectivity index (χ2n) is 8.04. The minimum Gasteiger partial charge on any atom is -0.455 e. The minimum absolute atomic E-state index is 0.361. The van der Waals surface area contributed by atoms with Crippen molar-refractivity contribution in [3.8, 4) is 11.5 Å². The molecule has 0 spiro atoms. The van der Waals surface area contributed by atoms with Crippen molar-refractivity contribution in [1.82, 2.24) is 0 Å². The topological polar surface area (TPSA) is 52.3 Å². The number of aryl methyl sites for hydroxylation is 1. The molecule has 0 bridgehead atoms. The van der Waals surface area contributed by atoms with Crippen molar-refractivity contribution in [2.24, 2.45) is 11.7 Å². The third-order valence-corrected chi connectivity index (χ3v) is 6.50. The van der Waals surface area contributed by atoms with Crippen LogP contribution in [0.5, 0.6) is 11.5 Å². The molecular weight excluding hydrogens is 394 g/mol. The van der Waals surface area contributed by atoms with Crippen LogP contribution in [-0.4, -0.2) is 5.91 Å². The van der Waals surface area contributed by atoms with Crippen molar-refractivity contribution in [1.29, 1.82) is 0 Å². The van der Waals surface area contributed by atoms with E-state index in [-0.39, 0.29) is 0 Å². The highest BCUT2D eigenvalue weighted by atomic mass is 35.5. The monoisotopic (exact) mass is 415 g/mol. The van der Waals surface area contributed by atoms with Crippen molar-refractivity contribution in [3.05, 3.63) is 88.0 Å². The Morgan fingerprint density at radius 3 is 2.77 bits per heavy atom. The van der Waals surface area contributed by atoms with Crippen LogP contribution < -0.4 is 10.5 Å².